The Morgan fingerprint density at radius 1 is 1.62 bits per heavy atom. The molecule has 0 aliphatic carbocycles. The lowest BCUT2D eigenvalue weighted by Gasteiger charge is -2.01. The zero-order valence-electron chi connectivity index (χ0n) is 7.22. The fraction of sp³-hybridized carbons (Fsp3) is 0.500. The molecule has 0 aliphatic heterocycles. The molecule has 0 saturated carbocycles. The maximum Gasteiger partial charge on any atom is 0.269 e. The summed E-state index contributed by atoms with van der Waals surface area (Å²) in [7, 11) is 0. The second kappa shape index (κ2) is 5.95. The van der Waals surface area contributed by atoms with Crippen LogP contribution < -0.4 is 5.32 Å². The molecule has 0 fully saturated rings. The highest BCUT2D eigenvalue weighted by atomic mass is 127. The lowest BCUT2D eigenvalue weighted by atomic mass is 10.3. The molecule has 0 atom stereocenters. The summed E-state index contributed by atoms with van der Waals surface area (Å²) < 4.78 is 1.14. The summed E-state index contributed by atoms with van der Waals surface area (Å²) in [6, 6.07) is 1.66. The van der Waals surface area contributed by atoms with Gasteiger partial charge in [0.2, 0.25) is 0 Å². The van der Waals surface area contributed by atoms with Gasteiger partial charge in [-0.25, -0.2) is 0 Å². The van der Waals surface area contributed by atoms with Crippen LogP contribution in [0.4, 0.5) is 0 Å². The van der Waals surface area contributed by atoms with Gasteiger partial charge >= 0.3 is 0 Å². The maximum absolute atomic E-state index is 11.3. The van der Waals surface area contributed by atoms with Crippen molar-refractivity contribution in [2.45, 2.75) is 12.8 Å². The van der Waals surface area contributed by atoms with E-state index in [1.807, 2.05) is 0 Å². The smallest absolute Gasteiger partial charge is 0.269 e. The van der Waals surface area contributed by atoms with Crippen LogP contribution >= 0.6 is 22.6 Å². The number of nitrogens with zero attached hydrogens (tertiary/aromatic N) is 1. The molecule has 1 heterocycles. The van der Waals surface area contributed by atoms with Gasteiger partial charge in [-0.05, 0) is 23.3 Å². The number of alkyl halides is 1. The second-order valence-electron chi connectivity index (χ2n) is 2.62. The summed E-state index contributed by atoms with van der Waals surface area (Å²) in [5, 5.41) is 9.12. The first-order valence-corrected chi connectivity index (χ1v) is 5.70. The summed E-state index contributed by atoms with van der Waals surface area (Å²) in [6.07, 6.45) is 3.74. The molecule has 13 heavy (non-hydrogen) atoms. The van der Waals surface area contributed by atoms with Crippen LogP contribution in [0.25, 0.3) is 0 Å². The quantitative estimate of drug-likeness (QED) is 0.489. The molecule has 1 aromatic heterocycles. The maximum atomic E-state index is 11.3. The minimum Gasteiger partial charge on any atom is -0.351 e. The average molecular weight is 293 g/mol. The zero-order chi connectivity index (χ0) is 9.52. The number of H-pyrrole nitrogens is 1. The molecule has 0 aliphatic rings. The van der Waals surface area contributed by atoms with Gasteiger partial charge in [-0.15, -0.1) is 0 Å². The van der Waals surface area contributed by atoms with Gasteiger partial charge in [0.15, 0.2) is 0 Å². The van der Waals surface area contributed by atoms with E-state index in [2.05, 4.69) is 38.1 Å². The molecular weight excluding hydrogens is 281 g/mol. The van der Waals surface area contributed by atoms with E-state index in [4.69, 9.17) is 0 Å². The molecule has 2 N–H and O–H groups in total. The van der Waals surface area contributed by atoms with Crippen molar-refractivity contribution in [1.29, 1.82) is 0 Å². The molecule has 0 unspecified atom stereocenters. The number of nitrogens with one attached hydrogen (secondary N) is 2. The first kappa shape index (κ1) is 10.5. The van der Waals surface area contributed by atoms with Gasteiger partial charge in [0.1, 0.15) is 5.69 Å². The van der Waals surface area contributed by atoms with Gasteiger partial charge in [-0.2, -0.15) is 5.10 Å². The van der Waals surface area contributed by atoms with Gasteiger partial charge in [-0.1, -0.05) is 22.6 Å². The van der Waals surface area contributed by atoms with Crippen molar-refractivity contribution in [3.8, 4) is 0 Å². The van der Waals surface area contributed by atoms with E-state index in [1.165, 1.54) is 0 Å². The van der Waals surface area contributed by atoms with Gasteiger partial charge in [0.25, 0.3) is 5.91 Å². The largest absolute Gasteiger partial charge is 0.351 e. The Kier molecular flexibility index (Phi) is 4.81. The van der Waals surface area contributed by atoms with Crippen molar-refractivity contribution in [1.82, 2.24) is 15.5 Å². The van der Waals surface area contributed by atoms with Crippen LogP contribution in [-0.4, -0.2) is 27.1 Å². The molecule has 1 rings (SSSR count). The monoisotopic (exact) mass is 293 g/mol. The molecule has 0 bridgehead atoms. The minimum absolute atomic E-state index is 0.0778. The lowest BCUT2D eigenvalue weighted by Crippen LogP contribution is -2.24. The summed E-state index contributed by atoms with van der Waals surface area (Å²) in [5.41, 5.74) is 0.523. The number of rotatable bonds is 5. The number of aromatic amines is 1. The number of aromatic nitrogens is 2. The van der Waals surface area contributed by atoms with Crippen molar-refractivity contribution in [2.24, 2.45) is 0 Å². The van der Waals surface area contributed by atoms with Crippen LogP contribution in [0.3, 0.4) is 0 Å². The van der Waals surface area contributed by atoms with Crippen LogP contribution in [0, 0.1) is 0 Å². The number of hydrogen-bond donors (Lipinski definition) is 2. The zero-order valence-corrected chi connectivity index (χ0v) is 9.37. The molecule has 0 aromatic carbocycles. The third-order valence-electron chi connectivity index (χ3n) is 1.59. The minimum atomic E-state index is -0.0778. The predicted molar refractivity (Wildman–Crippen MR) is 59.0 cm³/mol. The van der Waals surface area contributed by atoms with Gasteiger partial charge in [0, 0.05) is 12.7 Å². The van der Waals surface area contributed by atoms with E-state index in [1.54, 1.807) is 12.3 Å². The number of unbranched alkanes of at least 4 members (excludes halogenated alkanes) is 1. The molecule has 1 aromatic rings. The Labute approximate surface area is 90.6 Å². The Balaban J connectivity index is 2.19. The van der Waals surface area contributed by atoms with E-state index in [-0.39, 0.29) is 5.91 Å². The van der Waals surface area contributed by atoms with Crippen LogP contribution in [0.5, 0.6) is 0 Å². The van der Waals surface area contributed by atoms with Gasteiger partial charge in [0.05, 0.1) is 0 Å². The first-order chi connectivity index (χ1) is 6.34. The number of carbonyl (C=O) groups is 1. The highest BCUT2D eigenvalue weighted by Crippen LogP contribution is 1.94. The van der Waals surface area contributed by atoms with Crippen LogP contribution in [0.15, 0.2) is 12.3 Å². The molecule has 72 valence electrons. The third kappa shape index (κ3) is 3.75. The molecule has 1 amide bonds. The number of amides is 1. The second-order valence-corrected chi connectivity index (χ2v) is 3.70. The normalized spacial score (nSPS) is 9.92. The summed E-state index contributed by atoms with van der Waals surface area (Å²) in [5.74, 6) is -0.0778. The predicted octanol–water partition coefficient (Wildman–Crippen LogP) is 1.35. The molecule has 4 nitrogen and oxygen atoms in total. The lowest BCUT2D eigenvalue weighted by molar-refractivity contribution is 0.0948. The van der Waals surface area contributed by atoms with Crippen molar-refractivity contribution in [3.05, 3.63) is 18.0 Å². The summed E-state index contributed by atoms with van der Waals surface area (Å²) >= 11 is 2.33. The van der Waals surface area contributed by atoms with Crippen molar-refractivity contribution in [3.63, 3.8) is 0 Å². The highest BCUT2D eigenvalue weighted by molar-refractivity contribution is 14.1. The molecular formula is C8H12IN3O. The number of halogens is 1. The van der Waals surface area contributed by atoms with Gasteiger partial charge in [-0.3, -0.25) is 9.89 Å². The molecule has 0 radical (unpaired) electrons. The van der Waals surface area contributed by atoms with Crippen LogP contribution in [0.1, 0.15) is 23.3 Å². The van der Waals surface area contributed by atoms with Crippen molar-refractivity contribution >= 4 is 28.5 Å². The SMILES string of the molecule is O=C(NCCCCI)c1ccn[nH]1. The Bertz CT molecular complexity index is 248. The summed E-state index contributed by atoms with van der Waals surface area (Å²) in [4.78, 5) is 11.3. The third-order valence-corrected chi connectivity index (χ3v) is 2.35. The first-order valence-electron chi connectivity index (χ1n) is 4.18. The fourth-order valence-electron chi connectivity index (χ4n) is 0.899. The Hall–Kier alpha value is -0.590. The van der Waals surface area contributed by atoms with E-state index in [9.17, 15) is 4.79 Å². The topological polar surface area (TPSA) is 57.8 Å². The number of carbonyl (C=O) groups excluding carboxylic acids is 1. The van der Waals surface area contributed by atoms with E-state index < -0.39 is 0 Å². The molecule has 0 spiro atoms. The van der Waals surface area contributed by atoms with E-state index in [0.29, 0.717) is 5.69 Å². The van der Waals surface area contributed by atoms with Crippen molar-refractivity contribution in [2.75, 3.05) is 11.0 Å². The van der Waals surface area contributed by atoms with Gasteiger partial charge < -0.3 is 5.32 Å². The summed E-state index contributed by atoms with van der Waals surface area (Å²) in [6.45, 7) is 0.737. The average Bonchev–Trinajstić information content (AvgIpc) is 2.65. The van der Waals surface area contributed by atoms with Crippen molar-refractivity contribution < 1.29 is 4.79 Å². The molecule has 0 saturated heterocycles. The standard InChI is InChI=1S/C8H12IN3O/c9-4-1-2-5-10-8(13)7-3-6-11-12-7/h3,6H,1-2,4-5H2,(H,10,13)(H,11,12). The highest BCUT2D eigenvalue weighted by Gasteiger charge is 2.04. The van der Waals surface area contributed by atoms with E-state index >= 15 is 0 Å². The molecule has 5 heteroatoms. The fourth-order valence-corrected chi connectivity index (χ4v) is 1.44. The van der Waals surface area contributed by atoms with E-state index in [0.717, 1.165) is 23.8 Å². The Morgan fingerprint density at radius 2 is 2.46 bits per heavy atom. The Morgan fingerprint density at radius 3 is 3.08 bits per heavy atom. The van der Waals surface area contributed by atoms with Crippen LogP contribution in [-0.2, 0) is 0 Å². The van der Waals surface area contributed by atoms with Crippen LogP contribution in [0.2, 0.25) is 0 Å². The number of hydrogen-bond acceptors (Lipinski definition) is 2.